The molecule has 0 radical (unpaired) electrons. The van der Waals surface area contributed by atoms with Gasteiger partial charge in [0.15, 0.2) is 0 Å². The number of ether oxygens (including phenoxy) is 1. The van der Waals surface area contributed by atoms with Gasteiger partial charge in [-0.1, -0.05) is 31.2 Å². The minimum atomic E-state index is -0.142. The number of nitrogens with two attached hydrogens (primary N) is 1. The molecular weight excluding hydrogens is 337 g/mol. The van der Waals surface area contributed by atoms with E-state index in [1.807, 2.05) is 19.1 Å². The molecule has 0 saturated carbocycles. The predicted octanol–water partition coefficient (Wildman–Crippen LogP) is 1.57. The van der Waals surface area contributed by atoms with Crippen molar-refractivity contribution in [2.45, 2.75) is 20.0 Å². The second-order valence-electron chi connectivity index (χ2n) is 5.51. The lowest BCUT2D eigenvalue weighted by Gasteiger charge is -2.27. The molecule has 5 nitrogen and oxygen atoms in total. The first kappa shape index (κ1) is 22.1. The van der Waals surface area contributed by atoms with E-state index in [0.29, 0.717) is 13.1 Å². The fraction of sp³-hybridized carbons (Fsp3) is 0.562. The summed E-state index contributed by atoms with van der Waals surface area (Å²) >= 11 is 0. The van der Waals surface area contributed by atoms with Crippen molar-refractivity contribution in [1.82, 2.24) is 10.2 Å². The van der Waals surface area contributed by atoms with Gasteiger partial charge in [-0.25, -0.2) is 0 Å². The minimum absolute atomic E-state index is 0. The molecule has 1 saturated heterocycles. The van der Waals surface area contributed by atoms with Crippen molar-refractivity contribution in [3.8, 4) is 0 Å². The Morgan fingerprint density at radius 1 is 1.26 bits per heavy atom. The van der Waals surface area contributed by atoms with Crippen LogP contribution < -0.4 is 11.1 Å². The van der Waals surface area contributed by atoms with Crippen molar-refractivity contribution in [2.75, 3.05) is 32.8 Å². The van der Waals surface area contributed by atoms with E-state index in [9.17, 15) is 4.79 Å². The van der Waals surface area contributed by atoms with Gasteiger partial charge in [-0.3, -0.25) is 9.69 Å². The summed E-state index contributed by atoms with van der Waals surface area (Å²) in [6, 6.07) is 8.26. The lowest BCUT2D eigenvalue weighted by molar-refractivity contribution is -0.124. The van der Waals surface area contributed by atoms with Crippen LogP contribution in [0.4, 0.5) is 0 Å². The van der Waals surface area contributed by atoms with Gasteiger partial charge in [0.25, 0.3) is 0 Å². The summed E-state index contributed by atoms with van der Waals surface area (Å²) in [7, 11) is 0. The number of rotatable bonds is 6. The van der Waals surface area contributed by atoms with Crippen molar-refractivity contribution >= 4 is 30.7 Å². The second-order valence-corrected chi connectivity index (χ2v) is 5.51. The average Bonchev–Trinajstić information content (AvgIpc) is 2.54. The van der Waals surface area contributed by atoms with Gasteiger partial charge >= 0.3 is 0 Å². The standard InChI is InChI=1S/C16H25N3O2.2ClH/c1-13(10-17)16(20)18-11-14-4-2-3-5-15(14)12-19-6-8-21-9-7-19;;/h2-5,13H,6-12,17H2,1H3,(H,18,20);2*1H. The van der Waals surface area contributed by atoms with Crippen LogP contribution in [0.1, 0.15) is 18.1 Å². The van der Waals surface area contributed by atoms with Gasteiger partial charge in [-0.15, -0.1) is 24.8 Å². The van der Waals surface area contributed by atoms with Crippen LogP contribution in [0.15, 0.2) is 24.3 Å². The summed E-state index contributed by atoms with van der Waals surface area (Å²) < 4.78 is 5.37. The molecule has 0 aromatic heterocycles. The summed E-state index contributed by atoms with van der Waals surface area (Å²) in [5, 5.41) is 2.97. The van der Waals surface area contributed by atoms with Gasteiger partial charge in [0.1, 0.15) is 0 Å². The monoisotopic (exact) mass is 363 g/mol. The molecule has 2 rings (SSSR count). The zero-order chi connectivity index (χ0) is 15.1. The Hall–Kier alpha value is -0.850. The van der Waals surface area contributed by atoms with E-state index in [-0.39, 0.29) is 36.6 Å². The quantitative estimate of drug-likeness (QED) is 0.804. The van der Waals surface area contributed by atoms with E-state index >= 15 is 0 Å². The van der Waals surface area contributed by atoms with Crippen molar-refractivity contribution in [1.29, 1.82) is 0 Å². The lowest BCUT2D eigenvalue weighted by Crippen LogP contribution is -2.36. The van der Waals surface area contributed by atoms with Gasteiger partial charge in [-0.2, -0.15) is 0 Å². The van der Waals surface area contributed by atoms with Crippen molar-refractivity contribution in [2.24, 2.45) is 11.7 Å². The Morgan fingerprint density at radius 3 is 2.48 bits per heavy atom. The number of carbonyl (C=O) groups is 1. The molecule has 1 aliphatic heterocycles. The van der Waals surface area contributed by atoms with Crippen molar-refractivity contribution in [3.05, 3.63) is 35.4 Å². The Morgan fingerprint density at radius 2 is 1.87 bits per heavy atom. The highest BCUT2D eigenvalue weighted by Crippen LogP contribution is 2.13. The maximum atomic E-state index is 11.8. The molecule has 1 aromatic carbocycles. The molecule has 0 spiro atoms. The molecule has 0 aliphatic carbocycles. The van der Waals surface area contributed by atoms with E-state index in [4.69, 9.17) is 10.5 Å². The highest BCUT2D eigenvalue weighted by atomic mass is 35.5. The van der Waals surface area contributed by atoms with Gasteiger partial charge in [-0.05, 0) is 11.1 Å². The van der Waals surface area contributed by atoms with Crippen LogP contribution in [0.5, 0.6) is 0 Å². The minimum Gasteiger partial charge on any atom is -0.379 e. The average molecular weight is 364 g/mol. The Balaban J connectivity index is 0.00000242. The van der Waals surface area contributed by atoms with Crippen LogP contribution in [0.2, 0.25) is 0 Å². The number of benzene rings is 1. The molecule has 7 heteroatoms. The van der Waals surface area contributed by atoms with Gasteiger partial charge in [0, 0.05) is 38.6 Å². The first-order valence-electron chi connectivity index (χ1n) is 7.55. The van der Waals surface area contributed by atoms with E-state index in [2.05, 4.69) is 22.3 Å². The fourth-order valence-corrected chi connectivity index (χ4v) is 2.35. The summed E-state index contributed by atoms with van der Waals surface area (Å²) in [6.07, 6.45) is 0. The van der Waals surface area contributed by atoms with E-state index in [1.165, 1.54) is 11.1 Å². The van der Waals surface area contributed by atoms with Gasteiger partial charge in [0.2, 0.25) is 5.91 Å². The number of halogens is 2. The Bertz CT molecular complexity index is 468. The third kappa shape index (κ3) is 7.06. The topological polar surface area (TPSA) is 67.6 Å². The van der Waals surface area contributed by atoms with E-state index < -0.39 is 0 Å². The summed E-state index contributed by atoms with van der Waals surface area (Å²) in [4.78, 5) is 14.2. The fourth-order valence-electron chi connectivity index (χ4n) is 2.35. The third-order valence-electron chi connectivity index (χ3n) is 3.87. The molecule has 1 aromatic rings. The molecule has 132 valence electrons. The van der Waals surface area contributed by atoms with Crippen LogP contribution >= 0.6 is 24.8 Å². The largest absolute Gasteiger partial charge is 0.379 e. The van der Waals surface area contributed by atoms with Crippen LogP contribution in [0.25, 0.3) is 0 Å². The first-order chi connectivity index (χ1) is 10.2. The van der Waals surface area contributed by atoms with Crippen molar-refractivity contribution < 1.29 is 9.53 Å². The van der Waals surface area contributed by atoms with Crippen molar-refractivity contribution in [3.63, 3.8) is 0 Å². The molecule has 1 unspecified atom stereocenters. The maximum absolute atomic E-state index is 11.8. The van der Waals surface area contributed by atoms with Gasteiger partial charge in [0.05, 0.1) is 13.2 Å². The molecule has 1 heterocycles. The smallest absolute Gasteiger partial charge is 0.224 e. The second kappa shape index (κ2) is 11.6. The molecule has 0 bridgehead atoms. The third-order valence-corrected chi connectivity index (χ3v) is 3.87. The molecule has 1 atom stereocenters. The zero-order valence-electron chi connectivity index (χ0n) is 13.5. The lowest BCUT2D eigenvalue weighted by atomic mass is 10.1. The molecular formula is C16H27Cl2N3O2. The summed E-state index contributed by atoms with van der Waals surface area (Å²) in [5.74, 6) is -0.130. The molecule has 23 heavy (non-hydrogen) atoms. The summed E-state index contributed by atoms with van der Waals surface area (Å²) in [5.41, 5.74) is 7.95. The molecule has 3 N–H and O–H groups in total. The molecule has 1 aliphatic rings. The summed E-state index contributed by atoms with van der Waals surface area (Å²) in [6.45, 7) is 7.21. The first-order valence-corrected chi connectivity index (χ1v) is 7.55. The molecule has 1 fully saturated rings. The van der Waals surface area contributed by atoms with Crippen LogP contribution in [-0.2, 0) is 22.6 Å². The zero-order valence-corrected chi connectivity index (χ0v) is 15.1. The predicted molar refractivity (Wildman–Crippen MR) is 97.1 cm³/mol. The number of morpholine rings is 1. The van der Waals surface area contributed by atoms with Crippen LogP contribution in [0.3, 0.4) is 0 Å². The Labute approximate surface area is 150 Å². The van der Waals surface area contributed by atoms with Crippen LogP contribution in [-0.4, -0.2) is 43.7 Å². The highest BCUT2D eigenvalue weighted by molar-refractivity contribution is 5.85. The number of hydrogen-bond acceptors (Lipinski definition) is 4. The number of carbonyl (C=O) groups excluding carboxylic acids is 1. The SMILES string of the molecule is CC(CN)C(=O)NCc1ccccc1CN1CCOCC1.Cl.Cl. The number of nitrogens with one attached hydrogen (secondary N) is 1. The van der Waals surface area contributed by atoms with E-state index in [0.717, 1.165) is 32.8 Å². The van der Waals surface area contributed by atoms with E-state index in [1.54, 1.807) is 0 Å². The normalized spacial score (nSPS) is 15.9. The Kier molecular flexibility index (Phi) is 11.2. The maximum Gasteiger partial charge on any atom is 0.224 e. The van der Waals surface area contributed by atoms with Crippen LogP contribution in [0, 0.1) is 5.92 Å². The van der Waals surface area contributed by atoms with Gasteiger partial charge < -0.3 is 15.8 Å². The molecule has 1 amide bonds. The highest BCUT2D eigenvalue weighted by Gasteiger charge is 2.14. The number of hydrogen-bond donors (Lipinski definition) is 2. The number of amides is 1. The number of nitrogens with zero attached hydrogens (tertiary/aromatic N) is 1.